The van der Waals surface area contributed by atoms with E-state index in [1.165, 1.54) is 0 Å². The number of imidazole rings is 1. The fourth-order valence-corrected chi connectivity index (χ4v) is 3.85. The van der Waals surface area contributed by atoms with Gasteiger partial charge in [-0.15, -0.1) is 11.3 Å². The zero-order valence-corrected chi connectivity index (χ0v) is 14.8. The number of thiazole rings is 1. The zero-order valence-electron chi connectivity index (χ0n) is 14.0. The highest BCUT2D eigenvalue weighted by Crippen LogP contribution is 2.36. The average molecular weight is 332 g/mol. The first-order chi connectivity index (χ1) is 10.9. The normalized spacial score (nSPS) is 19.1. The molecule has 0 atom stereocenters. The van der Waals surface area contributed by atoms with Crippen molar-refractivity contribution in [2.45, 2.75) is 52.9 Å². The molecular formula is C17H24N4OS. The summed E-state index contributed by atoms with van der Waals surface area (Å²) in [5, 5.41) is 6.30. The number of carbonyl (C=O) groups is 1. The second kappa shape index (κ2) is 6.43. The molecule has 1 saturated carbocycles. The fourth-order valence-electron chi connectivity index (χ4n) is 3.14. The minimum Gasteiger partial charge on any atom is -0.297 e. The smallest absolute Gasteiger partial charge is 0.246 e. The molecule has 5 nitrogen and oxygen atoms in total. The van der Waals surface area contributed by atoms with Crippen LogP contribution in [0.25, 0.3) is 4.96 Å². The molecule has 1 fully saturated rings. The van der Waals surface area contributed by atoms with Crippen LogP contribution in [0.2, 0.25) is 0 Å². The number of carbonyl (C=O) groups excluding carboxylic acids is 1. The van der Waals surface area contributed by atoms with Crippen molar-refractivity contribution in [2.24, 2.45) is 16.4 Å². The van der Waals surface area contributed by atoms with E-state index in [4.69, 9.17) is 0 Å². The molecule has 2 heterocycles. The van der Waals surface area contributed by atoms with Gasteiger partial charge in [0.2, 0.25) is 5.91 Å². The van der Waals surface area contributed by atoms with Gasteiger partial charge in [-0.1, -0.05) is 20.8 Å². The molecule has 1 aliphatic rings. The molecule has 6 heteroatoms. The Morgan fingerprint density at radius 3 is 2.83 bits per heavy atom. The number of hydrogen-bond acceptors (Lipinski definition) is 4. The first-order valence-corrected chi connectivity index (χ1v) is 9.05. The van der Waals surface area contributed by atoms with Gasteiger partial charge < -0.3 is 0 Å². The van der Waals surface area contributed by atoms with Gasteiger partial charge in [-0.3, -0.25) is 9.20 Å². The van der Waals surface area contributed by atoms with E-state index >= 15 is 0 Å². The van der Waals surface area contributed by atoms with Crippen molar-refractivity contribution in [3.05, 3.63) is 23.5 Å². The number of aromatic nitrogens is 2. The highest BCUT2D eigenvalue weighted by molar-refractivity contribution is 7.15. The third-order valence-corrected chi connectivity index (χ3v) is 5.38. The minimum absolute atomic E-state index is 0.0961. The van der Waals surface area contributed by atoms with E-state index in [9.17, 15) is 4.79 Å². The molecule has 1 aliphatic carbocycles. The summed E-state index contributed by atoms with van der Waals surface area (Å²) >= 11 is 1.57. The third kappa shape index (κ3) is 3.99. The third-order valence-electron chi connectivity index (χ3n) is 4.61. The molecular weight excluding hydrogens is 308 g/mol. The van der Waals surface area contributed by atoms with E-state index in [1.54, 1.807) is 11.3 Å². The summed E-state index contributed by atoms with van der Waals surface area (Å²) in [6, 6.07) is 0. The molecule has 124 valence electrons. The lowest BCUT2D eigenvalue weighted by Gasteiger charge is -2.34. The lowest BCUT2D eigenvalue weighted by molar-refractivity contribution is -0.120. The Morgan fingerprint density at radius 2 is 2.17 bits per heavy atom. The summed E-state index contributed by atoms with van der Waals surface area (Å²) in [4.78, 5) is 17.3. The summed E-state index contributed by atoms with van der Waals surface area (Å²) in [5.74, 6) is 0.650. The Labute approximate surface area is 140 Å². The monoisotopic (exact) mass is 332 g/mol. The van der Waals surface area contributed by atoms with E-state index < -0.39 is 0 Å². The molecule has 0 bridgehead atoms. The SMILES string of the molecule is CC(C)(C)C1CCC(=NNC(=O)Cc2cn3ccsc3n2)CC1. The molecule has 0 aromatic carbocycles. The predicted octanol–water partition coefficient (Wildman–Crippen LogP) is 3.65. The van der Waals surface area contributed by atoms with Crippen molar-refractivity contribution in [3.63, 3.8) is 0 Å². The Kier molecular flexibility index (Phi) is 4.53. The van der Waals surface area contributed by atoms with Gasteiger partial charge in [-0.2, -0.15) is 5.10 Å². The fraction of sp³-hybridized carbons (Fsp3) is 0.588. The lowest BCUT2D eigenvalue weighted by Crippen LogP contribution is -2.28. The molecule has 3 rings (SSSR count). The van der Waals surface area contributed by atoms with Gasteiger partial charge in [-0.25, -0.2) is 10.4 Å². The van der Waals surface area contributed by atoms with Crippen LogP contribution >= 0.6 is 11.3 Å². The van der Waals surface area contributed by atoms with Crippen molar-refractivity contribution >= 4 is 27.9 Å². The standard InChI is InChI=1S/C17H24N4OS/c1-17(2,3)12-4-6-13(7-5-12)19-20-15(22)10-14-11-21-8-9-23-16(21)18-14/h8-9,11-12H,4-7,10H2,1-3H3,(H,20,22). The Balaban J connectivity index is 1.50. The van der Waals surface area contributed by atoms with Gasteiger partial charge >= 0.3 is 0 Å². The number of nitrogens with one attached hydrogen (secondary N) is 1. The second-order valence-electron chi connectivity index (χ2n) is 7.36. The van der Waals surface area contributed by atoms with Crippen LogP contribution in [-0.4, -0.2) is 21.0 Å². The van der Waals surface area contributed by atoms with Crippen molar-refractivity contribution in [1.29, 1.82) is 0 Å². The van der Waals surface area contributed by atoms with Gasteiger partial charge in [0.05, 0.1) is 12.1 Å². The van der Waals surface area contributed by atoms with Crippen LogP contribution in [-0.2, 0) is 11.2 Å². The van der Waals surface area contributed by atoms with Gasteiger partial charge in [0.15, 0.2) is 4.96 Å². The highest BCUT2D eigenvalue weighted by atomic mass is 32.1. The van der Waals surface area contributed by atoms with Crippen LogP contribution in [0.1, 0.15) is 52.1 Å². The quantitative estimate of drug-likeness (QED) is 0.872. The maximum atomic E-state index is 12.0. The number of hydrazone groups is 1. The molecule has 0 unspecified atom stereocenters. The second-order valence-corrected chi connectivity index (χ2v) is 8.23. The molecule has 0 radical (unpaired) electrons. The van der Waals surface area contributed by atoms with E-state index in [-0.39, 0.29) is 12.3 Å². The van der Waals surface area contributed by atoms with E-state index in [0.717, 1.165) is 48.0 Å². The summed E-state index contributed by atoms with van der Waals surface area (Å²) in [6.45, 7) is 6.91. The summed E-state index contributed by atoms with van der Waals surface area (Å²) in [7, 11) is 0. The van der Waals surface area contributed by atoms with Crippen molar-refractivity contribution in [1.82, 2.24) is 14.8 Å². The van der Waals surface area contributed by atoms with Gasteiger partial charge in [0.1, 0.15) is 0 Å². The Hall–Kier alpha value is -1.69. The maximum Gasteiger partial charge on any atom is 0.246 e. The number of amides is 1. The van der Waals surface area contributed by atoms with Gasteiger partial charge in [-0.05, 0) is 37.0 Å². The largest absolute Gasteiger partial charge is 0.297 e. The zero-order chi connectivity index (χ0) is 16.4. The summed E-state index contributed by atoms with van der Waals surface area (Å²) < 4.78 is 1.94. The summed E-state index contributed by atoms with van der Waals surface area (Å²) in [6.07, 6.45) is 8.42. The van der Waals surface area contributed by atoms with Crippen LogP contribution in [0.3, 0.4) is 0 Å². The minimum atomic E-state index is -0.0961. The van der Waals surface area contributed by atoms with Crippen LogP contribution < -0.4 is 5.43 Å². The summed E-state index contributed by atoms with van der Waals surface area (Å²) in [5.41, 5.74) is 4.96. The van der Waals surface area contributed by atoms with E-state index in [0.29, 0.717) is 5.41 Å². The van der Waals surface area contributed by atoms with Crippen molar-refractivity contribution in [3.8, 4) is 0 Å². The molecule has 2 aromatic rings. The van der Waals surface area contributed by atoms with Gasteiger partial charge in [0, 0.05) is 23.5 Å². The molecule has 0 saturated heterocycles. The van der Waals surface area contributed by atoms with Crippen LogP contribution in [0.15, 0.2) is 22.9 Å². The topological polar surface area (TPSA) is 58.8 Å². The molecule has 1 N–H and O–H groups in total. The highest BCUT2D eigenvalue weighted by Gasteiger charge is 2.28. The molecule has 2 aromatic heterocycles. The van der Waals surface area contributed by atoms with Crippen LogP contribution in [0.4, 0.5) is 0 Å². The lowest BCUT2D eigenvalue weighted by atomic mass is 9.72. The first-order valence-electron chi connectivity index (χ1n) is 8.17. The molecule has 0 aliphatic heterocycles. The molecule has 1 amide bonds. The molecule has 23 heavy (non-hydrogen) atoms. The van der Waals surface area contributed by atoms with Crippen molar-refractivity contribution in [2.75, 3.05) is 0 Å². The van der Waals surface area contributed by atoms with E-state index in [1.807, 2.05) is 22.2 Å². The van der Waals surface area contributed by atoms with E-state index in [2.05, 4.69) is 36.3 Å². The Morgan fingerprint density at radius 1 is 1.43 bits per heavy atom. The Bertz CT molecular complexity index is 684. The number of rotatable bonds is 3. The number of nitrogens with zero attached hydrogens (tertiary/aromatic N) is 3. The van der Waals surface area contributed by atoms with Crippen LogP contribution in [0.5, 0.6) is 0 Å². The number of fused-ring (bicyclic) bond motifs is 1. The molecule has 0 spiro atoms. The van der Waals surface area contributed by atoms with Gasteiger partial charge in [0.25, 0.3) is 0 Å². The van der Waals surface area contributed by atoms with Crippen molar-refractivity contribution < 1.29 is 4.79 Å². The predicted molar refractivity (Wildman–Crippen MR) is 93.8 cm³/mol. The number of hydrogen-bond donors (Lipinski definition) is 1. The maximum absolute atomic E-state index is 12.0. The first kappa shape index (κ1) is 16.2. The van der Waals surface area contributed by atoms with Crippen LogP contribution in [0, 0.1) is 11.3 Å². The average Bonchev–Trinajstić information content (AvgIpc) is 3.06.